The van der Waals surface area contributed by atoms with Gasteiger partial charge in [-0.15, -0.1) is 11.3 Å². The highest BCUT2D eigenvalue weighted by molar-refractivity contribution is 7.17. The Labute approximate surface area is 132 Å². The van der Waals surface area contributed by atoms with Crippen molar-refractivity contribution >= 4 is 33.1 Å². The molecule has 0 aliphatic carbocycles. The molecule has 0 unspecified atom stereocenters. The van der Waals surface area contributed by atoms with Crippen molar-refractivity contribution in [1.82, 2.24) is 10.3 Å². The summed E-state index contributed by atoms with van der Waals surface area (Å²) in [6.45, 7) is 3.43. The van der Waals surface area contributed by atoms with Crippen LogP contribution < -0.4 is 10.6 Å². The van der Waals surface area contributed by atoms with Crippen LogP contribution in [-0.4, -0.2) is 17.4 Å². The van der Waals surface area contributed by atoms with Gasteiger partial charge in [-0.3, -0.25) is 4.79 Å². The molecule has 5 heteroatoms. The minimum atomic E-state index is -0.0242. The third kappa shape index (κ3) is 2.23. The van der Waals surface area contributed by atoms with Gasteiger partial charge in [-0.1, -0.05) is 18.2 Å². The lowest BCUT2D eigenvalue weighted by Gasteiger charge is -2.13. The molecular weight excluding hydrogens is 294 g/mol. The quantitative estimate of drug-likeness (QED) is 0.678. The number of aromatic nitrogens is 1. The molecular formula is C17H17N3OS. The van der Waals surface area contributed by atoms with Crippen LogP contribution >= 0.6 is 11.3 Å². The van der Waals surface area contributed by atoms with E-state index in [0.717, 1.165) is 41.3 Å². The number of carbonyl (C=O) groups excluding carboxylic acids is 1. The van der Waals surface area contributed by atoms with Crippen molar-refractivity contribution in [3.8, 4) is 11.3 Å². The van der Waals surface area contributed by atoms with Gasteiger partial charge in [0.2, 0.25) is 5.91 Å². The summed E-state index contributed by atoms with van der Waals surface area (Å²) in [5, 5.41) is 8.55. The smallest absolute Gasteiger partial charge is 0.221 e. The van der Waals surface area contributed by atoms with Crippen LogP contribution in [0.4, 0.5) is 5.00 Å². The second-order valence-electron chi connectivity index (χ2n) is 5.59. The van der Waals surface area contributed by atoms with Gasteiger partial charge in [0.15, 0.2) is 0 Å². The van der Waals surface area contributed by atoms with Crippen molar-refractivity contribution in [2.45, 2.75) is 19.9 Å². The summed E-state index contributed by atoms with van der Waals surface area (Å²) >= 11 is 1.68. The van der Waals surface area contributed by atoms with Crippen LogP contribution in [0.1, 0.15) is 17.4 Å². The van der Waals surface area contributed by atoms with Crippen molar-refractivity contribution in [2.24, 2.45) is 0 Å². The first-order valence-corrected chi connectivity index (χ1v) is 8.25. The standard InChI is InChI=1S/C17H17N3OS/c1-10(21)19-17-16(12-6-7-18-9-15(12)22-17)14-8-11-4-2-3-5-13(11)20-14/h2-5,8,18,20H,6-7,9H2,1H3,(H,19,21). The summed E-state index contributed by atoms with van der Waals surface area (Å²) in [7, 11) is 0. The monoisotopic (exact) mass is 311 g/mol. The van der Waals surface area contributed by atoms with Gasteiger partial charge >= 0.3 is 0 Å². The number of H-pyrrole nitrogens is 1. The Balaban J connectivity index is 1.91. The summed E-state index contributed by atoms with van der Waals surface area (Å²) in [5.41, 5.74) is 4.73. The van der Waals surface area contributed by atoms with Gasteiger partial charge in [0, 0.05) is 40.5 Å². The third-order valence-corrected chi connectivity index (χ3v) is 5.16. The Hall–Kier alpha value is -2.11. The van der Waals surface area contributed by atoms with Gasteiger partial charge in [-0.05, 0) is 30.7 Å². The van der Waals surface area contributed by atoms with E-state index in [0.29, 0.717) is 0 Å². The number of amides is 1. The molecule has 22 heavy (non-hydrogen) atoms. The summed E-state index contributed by atoms with van der Waals surface area (Å²) in [6, 6.07) is 10.4. The zero-order chi connectivity index (χ0) is 15.1. The highest BCUT2D eigenvalue weighted by Gasteiger charge is 2.23. The van der Waals surface area contributed by atoms with Gasteiger partial charge in [0.25, 0.3) is 0 Å². The summed E-state index contributed by atoms with van der Waals surface area (Å²) in [6.07, 6.45) is 0.996. The highest BCUT2D eigenvalue weighted by Crippen LogP contribution is 2.42. The van der Waals surface area contributed by atoms with Gasteiger partial charge in [0.05, 0.1) is 0 Å². The predicted molar refractivity (Wildman–Crippen MR) is 91.3 cm³/mol. The molecule has 0 bridgehead atoms. The number of carbonyl (C=O) groups is 1. The van der Waals surface area contributed by atoms with Crippen molar-refractivity contribution in [1.29, 1.82) is 0 Å². The molecule has 0 saturated carbocycles. The number of para-hydroxylation sites is 1. The minimum absolute atomic E-state index is 0.0242. The predicted octanol–water partition coefficient (Wildman–Crippen LogP) is 3.50. The van der Waals surface area contributed by atoms with Gasteiger partial charge in [-0.25, -0.2) is 0 Å². The molecule has 0 saturated heterocycles. The second kappa shape index (κ2) is 5.26. The van der Waals surface area contributed by atoms with E-state index in [4.69, 9.17) is 0 Å². The van der Waals surface area contributed by atoms with E-state index in [1.807, 2.05) is 12.1 Å². The molecule has 1 aliphatic rings. The molecule has 2 aromatic heterocycles. The maximum atomic E-state index is 11.6. The van der Waals surface area contributed by atoms with Crippen LogP contribution in [0.25, 0.3) is 22.2 Å². The molecule has 0 spiro atoms. The first-order valence-electron chi connectivity index (χ1n) is 7.43. The lowest BCUT2D eigenvalue weighted by Crippen LogP contribution is -2.22. The van der Waals surface area contributed by atoms with Gasteiger partial charge < -0.3 is 15.6 Å². The fraction of sp³-hybridized carbons (Fsp3) is 0.235. The zero-order valence-electron chi connectivity index (χ0n) is 12.3. The summed E-state index contributed by atoms with van der Waals surface area (Å²) in [5.74, 6) is -0.0242. The summed E-state index contributed by atoms with van der Waals surface area (Å²) < 4.78 is 0. The number of anilines is 1. The van der Waals surface area contributed by atoms with E-state index in [-0.39, 0.29) is 5.91 Å². The topological polar surface area (TPSA) is 56.9 Å². The van der Waals surface area contributed by atoms with Crippen LogP contribution in [0.3, 0.4) is 0 Å². The Morgan fingerprint density at radius 1 is 1.32 bits per heavy atom. The van der Waals surface area contributed by atoms with Crippen LogP contribution in [0.2, 0.25) is 0 Å². The van der Waals surface area contributed by atoms with E-state index in [9.17, 15) is 4.79 Å². The SMILES string of the molecule is CC(=O)Nc1sc2c(c1-c1cc3ccccc3[nH]1)CCNC2. The molecule has 3 N–H and O–H groups in total. The lowest BCUT2D eigenvalue weighted by molar-refractivity contribution is -0.114. The normalized spacial score (nSPS) is 14.0. The number of thiophene rings is 1. The number of hydrogen-bond donors (Lipinski definition) is 3. The van der Waals surface area contributed by atoms with E-state index in [2.05, 4.69) is 33.8 Å². The highest BCUT2D eigenvalue weighted by atomic mass is 32.1. The Kier molecular flexibility index (Phi) is 3.24. The van der Waals surface area contributed by atoms with Crippen LogP contribution in [0.5, 0.6) is 0 Å². The fourth-order valence-electron chi connectivity index (χ4n) is 3.08. The molecule has 0 atom stereocenters. The third-order valence-electron chi connectivity index (χ3n) is 4.02. The van der Waals surface area contributed by atoms with Crippen LogP contribution in [0, 0.1) is 0 Å². The molecule has 1 aromatic carbocycles. The van der Waals surface area contributed by atoms with Crippen molar-refractivity contribution in [2.75, 3.05) is 11.9 Å². The summed E-state index contributed by atoms with van der Waals surface area (Å²) in [4.78, 5) is 16.4. The molecule has 0 fully saturated rings. The maximum absolute atomic E-state index is 11.6. The molecule has 0 radical (unpaired) electrons. The minimum Gasteiger partial charge on any atom is -0.354 e. The average molecular weight is 311 g/mol. The van der Waals surface area contributed by atoms with Crippen molar-refractivity contribution in [3.05, 3.63) is 40.8 Å². The number of rotatable bonds is 2. The molecule has 112 valence electrons. The number of fused-ring (bicyclic) bond motifs is 2. The largest absolute Gasteiger partial charge is 0.354 e. The number of aromatic amines is 1. The molecule has 3 aromatic rings. The average Bonchev–Trinajstić information content (AvgIpc) is 3.06. The number of hydrogen-bond acceptors (Lipinski definition) is 3. The van der Waals surface area contributed by atoms with E-state index in [1.165, 1.54) is 15.8 Å². The number of nitrogens with one attached hydrogen (secondary N) is 3. The number of benzene rings is 1. The first-order chi connectivity index (χ1) is 10.7. The van der Waals surface area contributed by atoms with Crippen molar-refractivity contribution < 1.29 is 4.79 Å². The Bertz CT molecular complexity index is 829. The Morgan fingerprint density at radius 2 is 2.18 bits per heavy atom. The second-order valence-corrected chi connectivity index (χ2v) is 6.69. The fourth-order valence-corrected chi connectivity index (χ4v) is 4.35. The Morgan fingerprint density at radius 3 is 3.00 bits per heavy atom. The lowest BCUT2D eigenvalue weighted by atomic mass is 10.0. The zero-order valence-corrected chi connectivity index (χ0v) is 13.1. The van der Waals surface area contributed by atoms with Crippen LogP contribution in [-0.2, 0) is 17.8 Å². The molecule has 3 heterocycles. The first kappa shape index (κ1) is 13.5. The van der Waals surface area contributed by atoms with E-state index in [1.54, 1.807) is 18.3 Å². The van der Waals surface area contributed by atoms with Gasteiger partial charge in [-0.2, -0.15) is 0 Å². The maximum Gasteiger partial charge on any atom is 0.221 e. The van der Waals surface area contributed by atoms with Crippen LogP contribution in [0.15, 0.2) is 30.3 Å². The van der Waals surface area contributed by atoms with E-state index < -0.39 is 0 Å². The molecule has 4 rings (SSSR count). The van der Waals surface area contributed by atoms with E-state index >= 15 is 0 Å². The molecule has 1 aliphatic heterocycles. The van der Waals surface area contributed by atoms with Gasteiger partial charge in [0.1, 0.15) is 5.00 Å². The molecule has 1 amide bonds. The van der Waals surface area contributed by atoms with Crippen molar-refractivity contribution in [3.63, 3.8) is 0 Å². The molecule has 4 nitrogen and oxygen atoms in total.